The highest BCUT2D eigenvalue weighted by Crippen LogP contribution is 2.31. The van der Waals surface area contributed by atoms with Gasteiger partial charge < -0.3 is 5.32 Å². The van der Waals surface area contributed by atoms with Crippen molar-refractivity contribution in [2.24, 2.45) is 7.05 Å². The van der Waals surface area contributed by atoms with Crippen LogP contribution in [-0.2, 0) is 12.5 Å². The topological polar surface area (TPSA) is 29.9 Å². The van der Waals surface area contributed by atoms with Gasteiger partial charge in [0.1, 0.15) is 0 Å². The Morgan fingerprint density at radius 2 is 2.12 bits per heavy atom. The van der Waals surface area contributed by atoms with Gasteiger partial charge in [0.15, 0.2) is 0 Å². The zero-order valence-corrected chi connectivity index (χ0v) is 10.9. The number of nitrogens with one attached hydrogen (secondary N) is 1. The van der Waals surface area contributed by atoms with Gasteiger partial charge in [-0.3, -0.25) is 4.68 Å². The summed E-state index contributed by atoms with van der Waals surface area (Å²) in [5, 5.41) is 8.24. The Morgan fingerprint density at radius 3 is 2.69 bits per heavy atom. The Balaban J connectivity index is 2.31. The van der Waals surface area contributed by atoms with Crippen LogP contribution in [0.15, 0.2) is 6.20 Å². The first-order valence-electron chi connectivity index (χ1n) is 6.26. The average molecular weight is 221 g/mol. The standard InChI is InChI=1S/C13H23N3/c1-13(2,3)12-10(9-16(4)15-12)11-7-5-6-8-14-11/h9,11,14H,5-8H2,1-4H3. The lowest BCUT2D eigenvalue weighted by atomic mass is 9.86. The first kappa shape index (κ1) is 11.6. The molecule has 0 aliphatic carbocycles. The molecule has 1 aliphatic heterocycles. The summed E-state index contributed by atoms with van der Waals surface area (Å²) in [5.41, 5.74) is 2.78. The molecule has 3 nitrogen and oxygen atoms in total. The number of aryl methyl sites for hydroxylation is 1. The zero-order chi connectivity index (χ0) is 11.8. The maximum absolute atomic E-state index is 4.63. The van der Waals surface area contributed by atoms with Gasteiger partial charge in [-0.05, 0) is 19.4 Å². The summed E-state index contributed by atoms with van der Waals surface area (Å²) in [4.78, 5) is 0. The SMILES string of the molecule is Cn1cc(C2CCCCN2)c(C(C)(C)C)n1. The smallest absolute Gasteiger partial charge is 0.0725 e. The first-order chi connectivity index (χ1) is 7.48. The Kier molecular flexibility index (Phi) is 3.06. The lowest BCUT2D eigenvalue weighted by Crippen LogP contribution is -2.28. The van der Waals surface area contributed by atoms with E-state index in [-0.39, 0.29) is 5.41 Å². The second-order valence-corrected chi connectivity index (χ2v) is 5.86. The van der Waals surface area contributed by atoms with Crippen molar-refractivity contribution in [1.82, 2.24) is 15.1 Å². The molecule has 1 atom stereocenters. The summed E-state index contributed by atoms with van der Waals surface area (Å²) >= 11 is 0. The van der Waals surface area contributed by atoms with Crippen LogP contribution in [0.25, 0.3) is 0 Å². The fourth-order valence-electron chi connectivity index (χ4n) is 2.46. The lowest BCUT2D eigenvalue weighted by molar-refractivity contribution is 0.404. The van der Waals surface area contributed by atoms with Crippen LogP contribution < -0.4 is 5.32 Å². The van der Waals surface area contributed by atoms with E-state index in [0.29, 0.717) is 6.04 Å². The van der Waals surface area contributed by atoms with Crippen LogP contribution in [0.3, 0.4) is 0 Å². The van der Waals surface area contributed by atoms with E-state index in [1.54, 1.807) is 0 Å². The van der Waals surface area contributed by atoms with E-state index >= 15 is 0 Å². The monoisotopic (exact) mass is 221 g/mol. The molecule has 0 amide bonds. The van der Waals surface area contributed by atoms with Crippen LogP contribution in [0.2, 0.25) is 0 Å². The largest absolute Gasteiger partial charge is 0.310 e. The third kappa shape index (κ3) is 2.29. The van der Waals surface area contributed by atoms with Crippen LogP contribution >= 0.6 is 0 Å². The number of piperidine rings is 1. The molecule has 0 aromatic carbocycles. The van der Waals surface area contributed by atoms with Gasteiger partial charge in [-0.1, -0.05) is 27.2 Å². The van der Waals surface area contributed by atoms with Crippen molar-refractivity contribution >= 4 is 0 Å². The maximum atomic E-state index is 4.63. The van der Waals surface area contributed by atoms with Gasteiger partial charge in [-0.15, -0.1) is 0 Å². The lowest BCUT2D eigenvalue weighted by Gasteiger charge is -2.26. The fraction of sp³-hybridized carbons (Fsp3) is 0.769. The highest BCUT2D eigenvalue weighted by molar-refractivity contribution is 5.27. The van der Waals surface area contributed by atoms with Crippen molar-refractivity contribution in [3.05, 3.63) is 17.5 Å². The van der Waals surface area contributed by atoms with E-state index in [0.717, 1.165) is 6.54 Å². The molecular weight excluding hydrogens is 198 g/mol. The van der Waals surface area contributed by atoms with E-state index in [1.807, 2.05) is 11.7 Å². The summed E-state index contributed by atoms with van der Waals surface area (Å²) < 4.78 is 1.95. The summed E-state index contributed by atoms with van der Waals surface area (Å²) in [5.74, 6) is 0. The van der Waals surface area contributed by atoms with Crippen LogP contribution in [0.4, 0.5) is 0 Å². The highest BCUT2D eigenvalue weighted by Gasteiger charge is 2.27. The highest BCUT2D eigenvalue weighted by atomic mass is 15.3. The third-order valence-electron chi connectivity index (χ3n) is 3.25. The third-order valence-corrected chi connectivity index (χ3v) is 3.25. The zero-order valence-electron chi connectivity index (χ0n) is 10.9. The second kappa shape index (κ2) is 4.21. The average Bonchev–Trinajstić information content (AvgIpc) is 2.61. The molecule has 1 aromatic rings. The molecule has 1 fully saturated rings. The predicted molar refractivity (Wildman–Crippen MR) is 66.5 cm³/mol. The van der Waals surface area contributed by atoms with E-state index in [9.17, 15) is 0 Å². The van der Waals surface area contributed by atoms with Crippen molar-refractivity contribution in [3.63, 3.8) is 0 Å². The minimum absolute atomic E-state index is 0.135. The van der Waals surface area contributed by atoms with Gasteiger partial charge >= 0.3 is 0 Å². The summed E-state index contributed by atoms with van der Waals surface area (Å²) in [6, 6.07) is 0.511. The van der Waals surface area contributed by atoms with E-state index < -0.39 is 0 Å². The molecule has 1 N–H and O–H groups in total. The van der Waals surface area contributed by atoms with Crippen molar-refractivity contribution < 1.29 is 0 Å². The Hall–Kier alpha value is -0.830. The van der Waals surface area contributed by atoms with Gasteiger partial charge in [0, 0.05) is 30.3 Å². The Morgan fingerprint density at radius 1 is 1.38 bits per heavy atom. The number of hydrogen-bond acceptors (Lipinski definition) is 2. The number of rotatable bonds is 1. The van der Waals surface area contributed by atoms with Gasteiger partial charge in [0.05, 0.1) is 5.69 Å². The minimum Gasteiger partial charge on any atom is -0.310 e. The number of hydrogen-bond donors (Lipinski definition) is 1. The molecule has 0 radical (unpaired) electrons. The molecule has 90 valence electrons. The fourth-order valence-corrected chi connectivity index (χ4v) is 2.46. The molecule has 1 aromatic heterocycles. The Labute approximate surface area is 98.2 Å². The second-order valence-electron chi connectivity index (χ2n) is 5.86. The van der Waals surface area contributed by atoms with Crippen LogP contribution in [-0.4, -0.2) is 16.3 Å². The van der Waals surface area contributed by atoms with Crippen LogP contribution in [0, 0.1) is 0 Å². The van der Waals surface area contributed by atoms with E-state index in [4.69, 9.17) is 0 Å². The van der Waals surface area contributed by atoms with Crippen molar-refractivity contribution in [3.8, 4) is 0 Å². The molecule has 16 heavy (non-hydrogen) atoms. The van der Waals surface area contributed by atoms with E-state index in [2.05, 4.69) is 37.4 Å². The molecule has 0 saturated carbocycles. The maximum Gasteiger partial charge on any atom is 0.0725 e. The first-order valence-corrected chi connectivity index (χ1v) is 6.26. The van der Waals surface area contributed by atoms with Crippen molar-refractivity contribution in [1.29, 1.82) is 0 Å². The molecule has 2 heterocycles. The summed E-state index contributed by atoms with van der Waals surface area (Å²) in [6.45, 7) is 7.86. The van der Waals surface area contributed by atoms with Gasteiger partial charge in [0.2, 0.25) is 0 Å². The van der Waals surface area contributed by atoms with Crippen molar-refractivity contribution in [2.45, 2.75) is 51.5 Å². The molecule has 2 rings (SSSR count). The summed E-state index contributed by atoms with van der Waals surface area (Å²) in [7, 11) is 2.02. The van der Waals surface area contributed by atoms with Gasteiger partial charge in [0.25, 0.3) is 0 Å². The van der Waals surface area contributed by atoms with Crippen LogP contribution in [0.1, 0.15) is 57.3 Å². The van der Waals surface area contributed by atoms with Gasteiger partial charge in [-0.25, -0.2) is 0 Å². The number of nitrogens with zero attached hydrogens (tertiary/aromatic N) is 2. The molecule has 1 aliphatic rings. The quantitative estimate of drug-likeness (QED) is 0.789. The summed E-state index contributed by atoms with van der Waals surface area (Å²) in [6.07, 6.45) is 6.07. The Bertz CT molecular complexity index is 354. The van der Waals surface area contributed by atoms with Gasteiger partial charge in [-0.2, -0.15) is 5.10 Å². The van der Waals surface area contributed by atoms with Crippen LogP contribution in [0.5, 0.6) is 0 Å². The van der Waals surface area contributed by atoms with E-state index in [1.165, 1.54) is 30.5 Å². The molecule has 3 heteroatoms. The molecule has 0 spiro atoms. The molecule has 1 saturated heterocycles. The molecule has 1 unspecified atom stereocenters. The van der Waals surface area contributed by atoms with Crippen molar-refractivity contribution in [2.75, 3.05) is 6.54 Å². The predicted octanol–water partition coefficient (Wildman–Crippen LogP) is 2.53. The molecule has 0 bridgehead atoms. The molecular formula is C13H23N3. The minimum atomic E-state index is 0.135. The normalized spacial score (nSPS) is 22.4. The number of aromatic nitrogens is 2.